The summed E-state index contributed by atoms with van der Waals surface area (Å²) in [6, 6.07) is -1.24. The third-order valence-corrected chi connectivity index (χ3v) is 4.44. The minimum absolute atomic E-state index is 0.0857. The summed E-state index contributed by atoms with van der Waals surface area (Å²) in [6.45, 7) is 0.406. The van der Waals surface area contributed by atoms with Crippen molar-refractivity contribution in [3.8, 4) is 0 Å². The molecule has 2 rings (SSSR count). The van der Waals surface area contributed by atoms with Crippen molar-refractivity contribution >= 4 is 0 Å². The number of hydrogen-bond acceptors (Lipinski definition) is 8. The summed E-state index contributed by atoms with van der Waals surface area (Å²) in [5.41, 5.74) is 17.7. The highest BCUT2D eigenvalue weighted by Gasteiger charge is 2.44. The molecule has 0 spiro atoms. The third-order valence-electron chi connectivity index (χ3n) is 4.44. The zero-order valence-corrected chi connectivity index (χ0v) is 12.4. The van der Waals surface area contributed by atoms with Crippen LogP contribution in [-0.2, 0) is 9.47 Å². The van der Waals surface area contributed by atoms with Crippen LogP contribution in [0.2, 0.25) is 0 Å². The fourth-order valence-corrected chi connectivity index (χ4v) is 3.12. The van der Waals surface area contributed by atoms with E-state index >= 15 is 0 Å². The fraction of sp³-hybridized carbons (Fsp3) is 1.00. The lowest BCUT2D eigenvalue weighted by Gasteiger charge is -2.44. The van der Waals surface area contributed by atoms with Crippen LogP contribution in [0.5, 0.6) is 0 Å². The first-order chi connectivity index (χ1) is 9.97. The lowest BCUT2D eigenvalue weighted by Crippen LogP contribution is -2.65. The number of aliphatic hydroxyl groups is 2. The zero-order valence-electron chi connectivity index (χ0n) is 12.4. The van der Waals surface area contributed by atoms with E-state index in [1.54, 1.807) is 7.05 Å². The van der Waals surface area contributed by atoms with Crippen LogP contribution in [0.3, 0.4) is 0 Å². The molecule has 0 unspecified atom stereocenters. The molecule has 2 aliphatic rings. The summed E-state index contributed by atoms with van der Waals surface area (Å²) in [5, 5.41) is 23.2. The van der Waals surface area contributed by atoms with Crippen LogP contribution < -0.4 is 22.5 Å². The average Bonchev–Trinajstić information content (AvgIpc) is 2.45. The third kappa shape index (κ3) is 3.72. The molecule has 8 atom stereocenters. The van der Waals surface area contributed by atoms with Crippen LogP contribution in [0.1, 0.15) is 19.3 Å². The highest BCUT2D eigenvalue weighted by Crippen LogP contribution is 2.26. The number of nitrogens with two attached hydrogens (primary N) is 3. The Bertz CT molecular complexity index is 335. The molecule has 1 heterocycles. The molecule has 0 amide bonds. The molecule has 21 heavy (non-hydrogen) atoms. The molecule has 1 saturated heterocycles. The van der Waals surface area contributed by atoms with Crippen LogP contribution in [0.25, 0.3) is 0 Å². The van der Waals surface area contributed by atoms with Gasteiger partial charge in [0, 0.05) is 12.6 Å². The van der Waals surface area contributed by atoms with E-state index in [9.17, 15) is 10.2 Å². The van der Waals surface area contributed by atoms with E-state index in [1.165, 1.54) is 0 Å². The molecule has 0 radical (unpaired) electrons. The molecule has 1 aliphatic carbocycles. The van der Waals surface area contributed by atoms with Gasteiger partial charge in [0.25, 0.3) is 0 Å². The Balaban J connectivity index is 2.02. The second-order valence-electron chi connectivity index (χ2n) is 5.98. The molecule has 1 aliphatic heterocycles. The Morgan fingerprint density at radius 3 is 2.57 bits per heavy atom. The molecule has 1 saturated carbocycles. The number of aliphatic hydroxyl groups excluding tert-OH is 2. The van der Waals surface area contributed by atoms with Gasteiger partial charge in [0.15, 0.2) is 6.29 Å². The predicted octanol–water partition coefficient (Wildman–Crippen LogP) is -2.80. The quantitative estimate of drug-likeness (QED) is 0.326. The van der Waals surface area contributed by atoms with Gasteiger partial charge in [-0.05, 0) is 26.3 Å². The molecule has 0 bridgehead atoms. The van der Waals surface area contributed by atoms with Crippen LogP contribution >= 0.6 is 0 Å². The highest BCUT2D eigenvalue weighted by atomic mass is 16.7. The van der Waals surface area contributed by atoms with Crippen LogP contribution in [0.4, 0.5) is 0 Å². The second-order valence-corrected chi connectivity index (χ2v) is 5.98. The lowest BCUT2D eigenvalue weighted by atomic mass is 9.84. The Hall–Kier alpha value is -0.320. The van der Waals surface area contributed by atoms with Gasteiger partial charge in [0.05, 0.1) is 30.4 Å². The van der Waals surface area contributed by atoms with E-state index in [-0.39, 0.29) is 12.1 Å². The average molecular weight is 304 g/mol. The van der Waals surface area contributed by atoms with Crippen LogP contribution in [0.15, 0.2) is 0 Å². The van der Waals surface area contributed by atoms with Gasteiger partial charge >= 0.3 is 0 Å². The smallest absolute Gasteiger partial charge is 0.173 e. The number of rotatable bonds is 4. The maximum Gasteiger partial charge on any atom is 0.173 e. The number of ether oxygens (including phenoxy) is 2. The first-order valence-corrected chi connectivity index (χ1v) is 7.53. The van der Waals surface area contributed by atoms with Crippen molar-refractivity contribution in [1.29, 1.82) is 0 Å². The van der Waals surface area contributed by atoms with Crippen molar-refractivity contribution < 1.29 is 19.7 Å². The largest absolute Gasteiger partial charge is 0.391 e. The molecule has 9 N–H and O–H groups in total. The lowest BCUT2D eigenvalue weighted by molar-refractivity contribution is -0.248. The molecule has 0 aromatic heterocycles. The Labute approximate surface area is 124 Å². The standard InChI is InChI=1S/C13H28N4O4/c1-17-10-9(18)4-8(16)12(11(10)19)21-13-7(15)3-2-6(5-14)20-13/h6-13,17-19H,2-5,14-16H2,1H3/t6-,7+,8-,9-,10+,11-,12+,13-/m0/s1. The molecule has 0 aromatic rings. The first kappa shape index (κ1) is 17.0. The monoisotopic (exact) mass is 304 g/mol. The fourth-order valence-electron chi connectivity index (χ4n) is 3.12. The minimum Gasteiger partial charge on any atom is -0.391 e. The minimum atomic E-state index is -0.928. The molecular formula is C13H28N4O4. The maximum atomic E-state index is 10.4. The Kier molecular flexibility index (Phi) is 5.92. The van der Waals surface area contributed by atoms with E-state index in [4.69, 9.17) is 26.7 Å². The van der Waals surface area contributed by atoms with Gasteiger partial charge in [0.2, 0.25) is 0 Å². The van der Waals surface area contributed by atoms with Crippen LogP contribution in [-0.4, -0.2) is 72.6 Å². The van der Waals surface area contributed by atoms with Crippen LogP contribution in [0, 0.1) is 0 Å². The summed E-state index contributed by atoms with van der Waals surface area (Å²) >= 11 is 0. The molecule has 124 valence electrons. The molecule has 8 nitrogen and oxygen atoms in total. The van der Waals surface area contributed by atoms with Gasteiger partial charge in [-0.25, -0.2) is 0 Å². The van der Waals surface area contributed by atoms with Crippen molar-refractivity contribution in [2.75, 3.05) is 13.6 Å². The summed E-state index contributed by atoms with van der Waals surface area (Å²) < 4.78 is 11.6. The van der Waals surface area contributed by atoms with Gasteiger partial charge in [0.1, 0.15) is 6.10 Å². The van der Waals surface area contributed by atoms with E-state index < -0.39 is 36.7 Å². The number of hydrogen-bond donors (Lipinski definition) is 6. The van der Waals surface area contributed by atoms with Gasteiger partial charge in [-0.15, -0.1) is 0 Å². The van der Waals surface area contributed by atoms with Gasteiger partial charge < -0.3 is 42.2 Å². The normalized spacial score (nSPS) is 48.3. The van der Waals surface area contributed by atoms with Gasteiger partial charge in [-0.1, -0.05) is 0 Å². The summed E-state index contributed by atoms with van der Waals surface area (Å²) in [5.74, 6) is 0. The van der Waals surface area contributed by atoms with Crippen molar-refractivity contribution in [1.82, 2.24) is 5.32 Å². The van der Waals surface area contributed by atoms with E-state index in [0.717, 1.165) is 12.8 Å². The molecular weight excluding hydrogens is 276 g/mol. The topological polar surface area (TPSA) is 149 Å². The Morgan fingerprint density at radius 2 is 1.95 bits per heavy atom. The Morgan fingerprint density at radius 1 is 1.24 bits per heavy atom. The maximum absolute atomic E-state index is 10.4. The molecule has 8 heteroatoms. The molecule has 0 aromatic carbocycles. The second kappa shape index (κ2) is 7.30. The summed E-state index contributed by atoms with van der Waals surface area (Å²) in [6.07, 6.45) is -1.10. The number of likely N-dealkylation sites (N-methyl/N-ethyl adjacent to an activating group) is 1. The van der Waals surface area contributed by atoms with E-state index in [0.29, 0.717) is 13.0 Å². The zero-order chi connectivity index (χ0) is 15.6. The van der Waals surface area contributed by atoms with Crippen molar-refractivity contribution in [2.45, 2.75) is 68.1 Å². The van der Waals surface area contributed by atoms with E-state index in [2.05, 4.69) is 5.32 Å². The summed E-state index contributed by atoms with van der Waals surface area (Å²) in [7, 11) is 1.68. The van der Waals surface area contributed by atoms with Gasteiger partial charge in [-0.2, -0.15) is 0 Å². The summed E-state index contributed by atoms with van der Waals surface area (Å²) in [4.78, 5) is 0. The molecule has 2 fully saturated rings. The first-order valence-electron chi connectivity index (χ1n) is 7.53. The van der Waals surface area contributed by atoms with Gasteiger partial charge in [-0.3, -0.25) is 0 Å². The SMILES string of the molecule is CN[C@H]1[C@H](O)[C@H](O[C@@H]2O[C@H](CN)CC[C@H]2N)[C@@H](N)C[C@@H]1O. The predicted molar refractivity (Wildman–Crippen MR) is 77.3 cm³/mol. The van der Waals surface area contributed by atoms with Crippen molar-refractivity contribution in [2.24, 2.45) is 17.2 Å². The van der Waals surface area contributed by atoms with Crippen molar-refractivity contribution in [3.63, 3.8) is 0 Å². The van der Waals surface area contributed by atoms with Crippen molar-refractivity contribution in [3.05, 3.63) is 0 Å². The number of nitrogens with one attached hydrogen (secondary N) is 1. The highest BCUT2D eigenvalue weighted by molar-refractivity contribution is 4.99. The van der Waals surface area contributed by atoms with E-state index in [1.807, 2.05) is 0 Å².